The van der Waals surface area contributed by atoms with Crippen LogP contribution in [0.4, 0.5) is 5.69 Å². The molecule has 0 aromatic heterocycles. The van der Waals surface area contributed by atoms with Crippen LogP contribution >= 0.6 is 11.6 Å². The highest BCUT2D eigenvalue weighted by Gasteiger charge is 2.20. The predicted octanol–water partition coefficient (Wildman–Crippen LogP) is 1.86. The van der Waals surface area contributed by atoms with Gasteiger partial charge < -0.3 is 5.73 Å². The lowest BCUT2D eigenvalue weighted by Gasteiger charge is -2.10. The molecule has 2 rings (SSSR count). The van der Waals surface area contributed by atoms with Crippen LogP contribution in [0.15, 0.2) is 24.3 Å². The van der Waals surface area contributed by atoms with Gasteiger partial charge in [-0.1, -0.05) is 11.6 Å². The van der Waals surface area contributed by atoms with E-state index in [9.17, 15) is 9.59 Å². The minimum absolute atomic E-state index is 0.219. The highest BCUT2D eigenvalue weighted by Crippen LogP contribution is 2.26. The van der Waals surface area contributed by atoms with E-state index < -0.39 is 0 Å². The third-order valence-electron chi connectivity index (χ3n) is 2.05. The van der Waals surface area contributed by atoms with Gasteiger partial charge in [-0.25, -0.2) is 0 Å². The molecule has 1 aliphatic carbocycles. The number of allylic oxidation sites excluding steroid dienone is 2. The minimum Gasteiger partial charge on any atom is -0.398 e. The molecule has 2 N–H and O–H groups in total. The van der Waals surface area contributed by atoms with E-state index >= 15 is 0 Å². The van der Waals surface area contributed by atoms with Crippen molar-refractivity contribution in [3.63, 3.8) is 0 Å². The lowest BCUT2D eigenvalue weighted by Crippen LogP contribution is -2.12. The van der Waals surface area contributed by atoms with Gasteiger partial charge in [-0.15, -0.1) is 0 Å². The highest BCUT2D eigenvalue weighted by molar-refractivity contribution is 6.34. The van der Waals surface area contributed by atoms with Gasteiger partial charge >= 0.3 is 0 Å². The van der Waals surface area contributed by atoms with Gasteiger partial charge in [0.1, 0.15) is 0 Å². The highest BCUT2D eigenvalue weighted by atomic mass is 35.5. The molecule has 4 heteroatoms. The fraction of sp³-hybridized carbons (Fsp3) is 0. The normalized spacial score (nSPS) is 14.4. The molecule has 0 bridgehead atoms. The second kappa shape index (κ2) is 2.96. The van der Waals surface area contributed by atoms with Crippen molar-refractivity contribution in [2.45, 2.75) is 0 Å². The third-order valence-corrected chi connectivity index (χ3v) is 2.38. The lowest BCUT2D eigenvalue weighted by molar-refractivity contribution is 0.0994. The van der Waals surface area contributed by atoms with E-state index in [1.807, 2.05) is 0 Å². The van der Waals surface area contributed by atoms with Crippen LogP contribution in [-0.2, 0) is 0 Å². The number of nitrogens with two attached hydrogens (primary N) is 1. The maximum Gasteiger partial charge on any atom is 0.186 e. The summed E-state index contributed by atoms with van der Waals surface area (Å²) < 4.78 is 0. The Kier molecular flexibility index (Phi) is 1.89. The van der Waals surface area contributed by atoms with Gasteiger partial charge in [-0.3, -0.25) is 9.59 Å². The first-order valence-corrected chi connectivity index (χ1v) is 4.33. The van der Waals surface area contributed by atoms with Crippen LogP contribution in [0.25, 0.3) is 0 Å². The average Bonchev–Trinajstić information content (AvgIpc) is 2.15. The number of rotatable bonds is 0. The van der Waals surface area contributed by atoms with Crippen molar-refractivity contribution >= 4 is 28.9 Å². The Morgan fingerprint density at radius 1 is 1.00 bits per heavy atom. The van der Waals surface area contributed by atoms with E-state index in [4.69, 9.17) is 17.3 Å². The van der Waals surface area contributed by atoms with Crippen molar-refractivity contribution in [2.24, 2.45) is 0 Å². The monoisotopic (exact) mass is 207 g/mol. The largest absolute Gasteiger partial charge is 0.398 e. The summed E-state index contributed by atoms with van der Waals surface area (Å²) in [5.74, 6) is -0.440. The number of hydrogen-bond donors (Lipinski definition) is 1. The molecule has 0 radical (unpaired) electrons. The first-order chi connectivity index (χ1) is 6.59. The maximum absolute atomic E-state index is 11.4. The summed E-state index contributed by atoms with van der Waals surface area (Å²) in [4.78, 5) is 22.7. The van der Waals surface area contributed by atoms with Crippen LogP contribution in [-0.4, -0.2) is 11.6 Å². The summed E-state index contributed by atoms with van der Waals surface area (Å²) in [5.41, 5.74) is 6.47. The summed E-state index contributed by atoms with van der Waals surface area (Å²) in [6.07, 6.45) is 2.47. The summed E-state index contributed by atoms with van der Waals surface area (Å²) in [6, 6.07) is 2.86. The first-order valence-electron chi connectivity index (χ1n) is 3.95. The summed E-state index contributed by atoms with van der Waals surface area (Å²) >= 11 is 5.75. The Balaban J connectivity index is 2.73. The van der Waals surface area contributed by atoms with E-state index in [2.05, 4.69) is 0 Å². The van der Waals surface area contributed by atoms with Gasteiger partial charge in [-0.2, -0.15) is 0 Å². The topological polar surface area (TPSA) is 60.2 Å². The number of nitrogen functional groups attached to an aromatic ring is 1. The van der Waals surface area contributed by atoms with Gasteiger partial charge in [0.2, 0.25) is 0 Å². The maximum atomic E-state index is 11.4. The number of benzene rings is 1. The molecule has 1 aliphatic rings. The quantitative estimate of drug-likeness (QED) is 0.661. The van der Waals surface area contributed by atoms with Crippen molar-refractivity contribution in [1.29, 1.82) is 0 Å². The number of halogens is 1. The Hall–Kier alpha value is -1.61. The Morgan fingerprint density at radius 3 is 2.07 bits per heavy atom. The molecule has 70 valence electrons. The number of fused-ring (bicyclic) bond motifs is 1. The van der Waals surface area contributed by atoms with Crippen LogP contribution in [0.2, 0.25) is 5.02 Å². The molecule has 3 nitrogen and oxygen atoms in total. The number of carbonyl (C=O) groups is 2. The van der Waals surface area contributed by atoms with Gasteiger partial charge in [0.15, 0.2) is 11.6 Å². The van der Waals surface area contributed by atoms with E-state index in [1.54, 1.807) is 0 Å². The van der Waals surface area contributed by atoms with Crippen molar-refractivity contribution in [3.8, 4) is 0 Å². The fourth-order valence-corrected chi connectivity index (χ4v) is 1.49. The van der Waals surface area contributed by atoms with Crippen LogP contribution < -0.4 is 5.73 Å². The van der Waals surface area contributed by atoms with Gasteiger partial charge in [0.25, 0.3) is 0 Å². The van der Waals surface area contributed by atoms with Crippen LogP contribution in [0.5, 0.6) is 0 Å². The third kappa shape index (κ3) is 1.22. The van der Waals surface area contributed by atoms with Gasteiger partial charge in [0, 0.05) is 11.1 Å². The molecule has 0 heterocycles. The van der Waals surface area contributed by atoms with Gasteiger partial charge in [-0.05, 0) is 24.3 Å². The Morgan fingerprint density at radius 2 is 1.50 bits per heavy atom. The first kappa shape index (κ1) is 8.97. The van der Waals surface area contributed by atoms with Crippen molar-refractivity contribution in [1.82, 2.24) is 0 Å². The zero-order valence-corrected chi connectivity index (χ0v) is 7.84. The van der Waals surface area contributed by atoms with Crippen molar-refractivity contribution in [2.75, 3.05) is 5.73 Å². The molecule has 1 aromatic rings. The number of carbonyl (C=O) groups excluding carboxylic acids is 2. The van der Waals surface area contributed by atoms with Gasteiger partial charge in [0.05, 0.1) is 10.7 Å². The van der Waals surface area contributed by atoms with E-state index in [-0.39, 0.29) is 11.6 Å². The Labute approximate surface area is 85.2 Å². The minimum atomic E-state index is -0.221. The molecule has 0 saturated heterocycles. The van der Waals surface area contributed by atoms with E-state index in [1.165, 1.54) is 24.3 Å². The molecule has 0 fully saturated rings. The molecule has 0 atom stereocenters. The summed E-state index contributed by atoms with van der Waals surface area (Å²) in [7, 11) is 0. The average molecular weight is 208 g/mol. The van der Waals surface area contributed by atoms with Crippen molar-refractivity contribution in [3.05, 3.63) is 40.4 Å². The summed E-state index contributed by atoms with van der Waals surface area (Å²) in [6.45, 7) is 0. The predicted molar refractivity (Wildman–Crippen MR) is 53.7 cm³/mol. The summed E-state index contributed by atoms with van der Waals surface area (Å²) in [5, 5.41) is 0.292. The molecule has 0 spiro atoms. The standard InChI is InChI=1S/C10H6ClNO2/c11-7-3-5-6(4-8(7)12)10(14)2-1-9(5)13/h1-4H,12H2. The van der Waals surface area contributed by atoms with E-state index in [0.29, 0.717) is 21.8 Å². The molecule has 0 amide bonds. The molecule has 14 heavy (non-hydrogen) atoms. The Bertz CT molecular complexity index is 434. The molecular weight excluding hydrogens is 202 g/mol. The molecule has 0 saturated carbocycles. The molecular formula is C10H6ClNO2. The molecule has 0 unspecified atom stereocenters. The SMILES string of the molecule is Nc1cc2c(cc1Cl)C(=O)C=CC2=O. The number of ketones is 2. The smallest absolute Gasteiger partial charge is 0.186 e. The van der Waals surface area contributed by atoms with Crippen LogP contribution in [0.3, 0.4) is 0 Å². The number of hydrogen-bond acceptors (Lipinski definition) is 3. The van der Waals surface area contributed by atoms with E-state index in [0.717, 1.165) is 0 Å². The second-order valence-electron chi connectivity index (χ2n) is 2.98. The number of anilines is 1. The second-order valence-corrected chi connectivity index (χ2v) is 3.39. The zero-order valence-electron chi connectivity index (χ0n) is 7.08. The zero-order chi connectivity index (χ0) is 10.3. The lowest BCUT2D eigenvalue weighted by atomic mass is 9.94. The van der Waals surface area contributed by atoms with Crippen LogP contribution in [0, 0.1) is 0 Å². The fourth-order valence-electron chi connectivity index (χ4n) is 1.33. The van der Waals surface area contributed by atoms with Crippen LogP contribution in [0.1, 0.15) is 20.7 Å². The molecule has 0 aliphatic heterocycles. The molecule has 1 aromatic carbocycles. The van der Waals surface area contributed by atoms with Crippen molar-refractivity contribution < 1.29 is 9.59 Å².